The van der Waals surface area contributed by atoms with Crippen molar-refractivity contribution in [1.82, 2.24) is 0 Å². The molecule has 1 aromatic carbocycles. The summed E-state index contributed by atoms with van der Waals surface area (Å²) in [4.78, 5) is 11.4. The van der Waals surface area contributed by atoms with E-state index in [0.717, 1.165) is 0 Å². The zero-order valence-electron chi connectivity index (χ0n) is 9.36. The third-order valence-electron chi connectivity index (χ3n) is 2.20. The number of carbonyl (C=O) groups is 1. The minimum Gasteiger partial charge on any atom is -0.326 e. The average molecular weight is 241 g/mol. The van der Waals surface area contributed by atoms with E-state index in [2.05, 4.69) is 5.32 Å². The van der Waals surface area contributed by atoms with Crippen molar-refractivity contribution < 1.29 is 13.2 Å². The SMILES string of the molecule is CCC(=O)Nc1ccc(S(=O)(=O)CC)cc1. The van der Waals surface area contributed by atoms with Crippen LogP contribution >= 0.6 is 0 Å². The van der Waals surface area contributed by atoms with Crippen LogP contribution in [0.25, 0.3) is 0 Å². The Morgan fingerprint density at radius 1 is 1.19 bits per heavy atom. The molecule has 0 fully saturated rings. The molecule has 0 atom stereocenters. The molecule has 0 aliphatic carbocycles. The first-order chi connectivity index (χ1) is 7.49. The maximum atomic E-state index is 11.5. The fourth-order valence-electron chi connectivity index (χ4n) is 1.16. The maximum Gasteiger partial charge on any atom is 0.224 e. The molecule has 0 unspecified atom stereocenters. The zero-order valence-corrected chi connectivity index (χ0v) is 10.2. The largest absolute Gasteiger partial charge is 0.326 e. The lowest BCUT2D eigenvalue weighted by Crippen LogP contribution is -2.09. The van der Waals surface area contributed by atoms with E-state index in [1.54, 1.807) is 26.0 Å². The minimum absolute atomic E-state index is 0.0770. The van der Waals surface area contributed by atoms with E-state index in [9.17, 15) is 13.2 Å². The number of nitrogens with one attached hydrogen (secondary N) is 1. The van der Waals surface area contributed by atoms with Crippen LogP contribution in [0.5, 0.6) is 0 Å². The van der Waals surface area contributed by atoms with Crippen molar-refractivity contribution in [3.63, 3.8) is 0 Å². The van der Waals surface area contributed by atoms with Gasteiger partial charge in [0.1, 0.15) is 0 Å². The summed E-state index contributed by atoms with van der Waals surface area (Å²) in [6.07, 6.45) is 0.398. The zero-order chi connectivity index (χ0) is 12.2. The number of sulfone groups is 1. The van der Waals surface area contributed by atoms with Crippen molar-refractivity contribution in [3.8, 4) is 0 Å². The van der Waals surface area contributed by atoms with Crippen molar-refractivity contribution in [2.24, 2.45) is 0 Å². The second-order valence-corrected chi connectivity index (χ2v) is 5.61. The van der Waals surface area contributed by atoms with Gasteiger partial charge in [-0.05, 0) is 24.3 Å². The second kappa shape index (κ2) is 5.12. The molecule has 5 heteroatoms. The molecule has 1 rings (SSSR count). The summed E-state index contributed by atoms with van der Waals surface area (Å²) >= 11 is 0. The highest BCUT2D eigenvalue weighted by Gasteiger charge is 2.10. The van der Waals surface area contributed by atoms with Crippen molar-refractivity contribution in [2.45, 2.75) is 25.2 Å². The first-order valence-corrected chi connectivity index (χ1v) is 6.77. The third kappa shape index (κ3) is 3.06. The Hall–Kier alpha value is -1.36. The highest BCUT2D eigenvalue weighted by molar-refractivity contribution is 7.91. The Morgan fingerprint density at radius 3 is 2.19 bits per heavy atom. The van der Waals surface area contributed by atoms with Crippen molar-refractivity contribution in [3.05, 3.63) is 24.3 Å². The number of rotatable bonds is 4. The lowest BCUT2D eigenvalue weighted by molar-refractivity contribution is -0.115. The Bertz CT molecular complexity index is 463. The standard InChI is InChI=1S/C11H15NO3S/c1-3-11(13)12-9-5-7-10(8-6-9)16(14,15)4-2/h5-8H,3-4H2,1-2H3,(H,12,13). The number of anilines is 1. The van der Waals surface area contributed by atoms with Crippen LogP contribution in [0.3, 0.4) is 0 Å². The number of hydrogen-bond acceptors (Lipinski definition) is 3. The molecule has 0 aromatic heterocycles. The molecular formula is C11H15NO3S. The molecule has 0 bridgehead atoms. The predicted octanol–water partition coefficient (Wildman–Crippen LogP) is 1.83. The molecule has 0 aliphatic rings. The van der Waals surface area contributed by atoms with Gasteiger partial charge < -0.3 is 5.32 Å². The van der Waals surface area contributed by atoms with E-state index in [0.29, 0.717) is 12.1 Å². The van der Waals surface area contributed by atoms with Gasteiger partial charge in [0.2, 0.25) is 5.91 Å². The highest BCUT2D eigenvalue weighted by atomic mass is 32.2. The molecule has 0 saturated carbocycles. The summed E-state index contributed by atoms with van der Waals surface area (Å²) in [5.74, 6) is -0.0145. The Kier molecular flexibility index (Phi) is 4.06. The van der Waals surface area contributed by atoms with Gasteiger partial charge in [-0.3, -0.25) is 4.79 Å². The second-order valence-electron chi connectivity index (χ2n) is 3.33. The molecule has 88 valence electrons. The minimum atomic E-state index is -3.16. The molecule has 1 amide bonds. The summed E-state index contributed by atoms with van der Waals surface area (Å²) in [7, 11) is -3.16. The monoisotopic (exact) mass is 241 g/mol. The van der Waals surface area contributed by atoms with Gasteiger partial charge in [0.15, 0.2) is 9.84 Å². The average Bonchev–Trinajstić information content (AvgIpc) is 2.29. The molecular weight excluding hydrogens is 226 g/mol. The summed E-state index contributed by atoms with van der Waals surface area (Å²) in [6, 6.07) is 6.19. The predicted molar refractivity (Wildman–Crippen MR) is 63.1 cm³/mol. The van der Waals surface area contributed by atoms with E-state index < -0.39 is 9.84 Å². The van der Waals surface area contributed by atoms with Crippen LogP contribution in [0.1, 0.15) is 20.3 Å². The smallest absolute Gasteiger partial charge is 0.224 e. The van der Waals surface area contributed by atoms with Gasteiger partial charge in [-0.15, -0.1) is 0 Å². The molecule has 0 spiro atoms. The van der Waals surface area contributed by atoms with Crippen molar-refractivity contribution in [1.29, 1.82) is 0 Å². The van der Waals surface area contributed by atoms with Crippen LogP contribution in [0.4, 0.5) is 5.69 Å². The number of hydrogen-bond donors (Lipinski definition) is 1. The van der Waals surface area contributed by atoms with Crippen LogP contribution < -0.4 is 5.32 Å². The Morgan fingerprint density at radius 2 is 1.75 bits per heavy atom. The van der Waals surface area contributed by atoms with Gasteiger partial charge in [-0.25, -0.2) is 8.42 Å². The number of benzene rings is 1. The summed E-state index contributed by atoms with van der Waals surface area (Å²) in [6.45, 7) is 3.35. The molecule has 1 N–H and O–H groups in total. The van der Waals surface area contributed by atoms with Crippen molar-refractivity contribution >= 4 is 21.4 Å². The van der Waals surface area contributed by atoms with Gasteiger partial charge in [-0.2, -0.15) is 0 Å². The first-order valence-electron chi connectivity index (χ1n) is 5.12. The summed E-state index contributed by atoms with van der Waals surface area (Å²) in [5.41, 5.74) is 0.613. The lowest BCUT2D eigenvalue weighted by Gasteiger charge is -2.05. The molecule has 16 heavy (non-hydrogen) atoms. The lowest BCUT2D eigenvalue weighted by atomic mass is 10.3. The number of amides is 1. The highest BCUT2D eigenvalue weighted by Crippen LogP contribution is 2.15. The van der Waals surface area contributed by atoms with Crippen LogP contribution in [0, 0.1) is 0 Å². The van der Waals surface area contributed by atoms with E-state index >= 15 is 0 Å². The molecule has 0 saturated heterocycles. The first kappa shape index (κ1) is 12.7. The van der Waals surface area contributed by atoms with Gasteiger partial charge in [0, 0.05) is 12.1 Å². The normalized spacial score (nSPS) is 11.1. The maximum absolute atomic E-state index is 11.5. The van der Waals surface area contributed by atoms with Gasteiger partial charge in [-0.1, -0.05) is 13.8 Å². The third-order valence-corrected chi connectivity index (χ3v) is 3.95. The number of carbonyl (C=O) groups excluding carboxylic acids is 1. The fourth-order valence-corrected chi connectivity index (χ4v) is 2.05. The fraction of sp³-hybridized carbons (Fsp3) is 0.364. The van der Waals surface area contributed by atoms with E-state index in [1.807, 2.05) is 0 Å². The van der Waals surface area contributed by atoms with Crippen LogP contribution in [0.2, 0.25) is 0 Å². The van der Waals surface area contributed by atoms with Gasteiger partial charge >= 0.3 is 0 Å². The van der Waals surface area contributed by atoms with Crippen LogP contribution in [-0.2, 0) is 14.6 Å². The molecule has 4 nitrogen and oxygen atoms in total. The van der Waals surface area contributed by atoms with Gasteiger partial charge in [0.05, 0.1) is 10.6 Å². The molecule has 0 radical (unpaired) electrons. The Labute approximate surface area is 95.6 Å². The van der Waals surface area contributed by atoms with Gasteiger partial charge in [0.25, 0.3) is 0 Å². The molecule has 1 aromatic rings. The summed E-state index contributed by atoms with van der Waals surface area (Å²) < 4.78 is 23.0. The molecule has 0 aliphatic heterocycles. The van der Waals surface area contributed by atoms with E-state index in [1.165, 1.54) is 12.1 Å². The quantitative estimate of drug-likeness (QED) is 0.874. The van der Waals surface area contributed by atoms with E-state index in [4.69, 9.17) is 0 Å². The van der Waals surface area contributed by atoms with E-state index in [-0.39, 0.29) is 16.6 Å². The molecule has 0 heterocycles. The van der Waals surface area contributed by atoms with Crippen LogP contribution in [0.15, 0.2) is 29.2 Å². The Balaban J connectivity index is 2.88. The summed E-state index contributed by atoms with van der Waals surface area (Å²) in [5, 5.41) is 2.65. The topological polar surface area (TPSA) is 63.2 Å². The van der Waals surface area contributed by atoms with Crippen molar-refractivity contribution in [2.75, 3.05) is 11.1 Å². The van der Waals surface area contributed by atoms with Crippen LogP contribution in [-0.4, -0.2) is 20.1 Å².